The third kappa shape index (κ3) is 5.12. The molecule has 150 valence electrons. The number of halogens is 1. The molecular formula is C22H21BrN2O4. The van der Waals surface area contributed by atoms with Gasteiger partial charge in [-0.1, -0.05) is 46.3 Å². The summed E-state index contributed by atoms with van der Waals surface area (Å²) in [5.41, 5.74) is 1.21. The fourth-order valence-electron chi connectivity index (χ4n) is 3.06. The van der Waals surface area contributed by atoms with Gasteiger partial charge < -0.3 is 9.84 Å². The minimum Gasteiger partial charge on any atom is -0.489 e. The second kappa shape index (κ2) is 9.52. The lowest BCUT2D eigenvalue weighted by atomic mass is 10.1. The second-order valence-corrected chi connectivity index (χ2v) is 7.38. The molecule has 0 spiro atoms. The Kier molecular flexibility index (Phi) is 6.82. The number of benzene rings is 2. The summed E-state index contributed by atoms with van der Waals surface area (Å²) in [6, 6.07) is 15.7. The number of nitrogens with zero attached hydrogens (tertiary/aromatic N) is 2. The first kappa shape index (κ1) is 20.8. The molecule has 0 aliphatic rings. The van der Waals surface area contributed by atoms with Gasteiger partial charge >= 0.3 is 5.97 Å². The maximum Gasteiger partial charge on any atom is 0.342 e. The largest absolute Gasteiger partial charge is 0.489 e. The van der Waals surface area contributed by atoms with Crippen LogP contribution in [0.4, 0.5) is 0 Å². The minimum atomic E-state index is -1.26. The average Bonchev–Trinajstić information content (AvgIpc) is 2.72. The fourth-order valence-corrected chi connectivity index (χ4v) is 3.47. The summed E-state index contributed by atoms with van der Waals surface area (Å²) in [5.74, 6) is 0.0564. The van der Waals surface area contributed by atoms with Crippen molar-refractivity contribution in [2.24, 2.45) is 0 Å². The molecule has 0 saturated carbocycles. The van der Waals surface area contributed by atoms with Crippen molar-refractivity contribution in [2.45, 2.75) is 32.9 Å². The van der Waals surface area contributed by atoms with E-state index < -0.39 is 11.5 Å². The van der Waals surface area contributed by atoms with Gasteiger partial charge in [0, 0.05) is 23.6 Å². The van der Waals surface area contributed by atoms with Crippen molar-refractivity contribution in [1.82, 2.24) is 9.55 Å². The zero-order valence-corrected chi connectivity index (χ0v) is 17.6. The highest BCUT2D eigenvalue weighted by atomic mass is 79.9. The number of carboxylic acid groups (broad SMARTS) is 1. The molecule has 0 amide bonds. The minimum absolute atomic E-state index is 0.315. The molecule has 0 fully saturated rings. The lowest BCUT2D eigenvalue weighted by Gasteiger charge is -2.14. The molecule has 1 aromatic heterocycles. The zero-order valence-electron chi connectivity index (χ0n) is 16.0. The SMILES string of the molecule is CCn1c(CCc2cc(Br)ccc2OCc2ccccc2)ncc(C(=O)O)c1=O. The molecule has 0 radical (unpaired) electrons. The Hall–Kier alpha value is -2.93. The topological polar surface area (TPSA) is 81.4 Å². The lowest BCUT2D eigenvalue weighted by Crippen LogP contribution is -2.29. The number of aromatic carboxylic acids is 1. The summed E-state index contributed by atoms with van der Waals surface area (Å²) in [6.45, 7) is 2.62. The standard InChI is InChI=1S/C22H21BrN2O4/c1-2-25-20(24-13-18(21(25)26)22(27)28)11-8-16-12-17(23)9-10-19(16)29-14-15-6-4-3-5-7-15/h3-7,9-10,12-13H,2,8,11,14H2,1H3,(H,27,28). The number of carboxylic acids is 1. The maximum atomic E-state index is 12.4. The van der Waals surface area contributed by atoms with Gasteiger partial charge in [-0.05, 0) is 42.7 Å². The molecule has 0 bridgehead atoms. The molecule has 0 unspecified atom stereocenters. The maximum absolute atomic E-state index is 12.4. The van der Waals surface area contributed by atoms with Crippen LogP contribution in [0.1, 0.15) is 34.2 Å². The molecule has 1 N–H and O–H groups in total. The highest BCUT2D eigenvalue weighted by Gasteiger charge is 2.15. The molecule has 7 heteroatoms. The first-order valence-corrected chi connectivity index (χ1v) is 10.1. The van der Waals surface area contributed by atoms with E-state index in [2.05, 4.69) is 20.9 Å². The number of rotatable bonds is 8. The smallest absolute Gasteiger partial charge is 0.342 e. The van der Waals surface area contributed by atoms with Crippen LogP contribution in [-0.2, 0) is 26.0 Å². The number of hydrogen-bond acceptors (Lipinski definition) is 4. The van der Waals surface area contributed by atoms with E-state index in [9.17, 15) is 9.59 Å². The molecule has 0 saturated heterocycles. The molecular weight excluding hydrogens is 436 g/mol. The van der Waals surface area contributed by atoms with Crippen molar-refractivity contribution in [1.29, 1.82) is 0 Å². The van der Waals surface area contributed by atoms with Crippen LogP contribution in [0.2, 0.25) is 0 Å². The molecule has 6 nitrogen and oxygen atoms in total. The zero-order chi connectivity index (χ0) is 20.8. The van der Waals surface area contributed by atoms with Crippen LogP contribution in [0.3, 0.4) is 0 Å². The molecule has 3 rings (SSSR count). The Balaban J connectivity index is 1.80. The van der Waals surface area contributed by atoms with Crippen molar-refractivity contribution >= 4 is 21.9 Å². The van der Waals surface area contributed by atoms with Crippen LogP contribution in [0.5, 0.6) is 5.75 Å². The first-order valence-electron chi connectivity index (χ1n) is 9.26. The molecule has 0 atom stereocenters. The van der Waals surface area contributed by atoms with Gasteiger partial charge in [0.05, 0.1) is 0 Å². The van der Waals surface area contributed by atoms with Crippen LogP contribution in [0.15, 0.2) is 64.0 Å². The van der Waals surface area contributed by atoms with Gasteiger partial charge in [0.25, 0.3) is 5.56 Å². The molecule has 29 heavy (non-hydrogen) atoms. The van der Waals surface area contributed by atoms with Crippen molar-refractivity contribution < 1.29 is 14.6 Å². The van der Waals surface area contributed by atoms with Crippen molar-refractivity contribution in [3.05, 3.63) is 92.1 Å². The molecule has 1 heterocycles. The lowest BCUT2D eigenvalue weighted by molar-refractivity contribution is 0.0693. The summed E-state index contributed by atoms with van der Waals surface area (Å²) in [4.78, 5) is 27.8. The number of hydrogen-bond donors (Lipinski definition) is 1. The fraction of sp³-hybridized carbons (Fsp3) is 0.227. The van der Waals surface area contributed by atoms with E-state index in [0.717, 1.165) is 27.5 Å². The van der Waals surface area contributed by atoms with Crippen LogP contribution < -0.4 is 10.3 Å². The Morgan fingerprint density at radius 3 is 2.62 bits per heavy atom. The Labute approximate surface area is 176 Å². The summed E-state index contributed by atoms with van der Waals surface area (Å²) < 4.78 is 8.35. The van der Waals surface area contributed by atoms with Crippen molar-refractivity contribution in [3.8, 4) is 5.75 Å². The number of ether oxygens (including phenoxy) is 1. The van der Waals surface area contributed by atoms with Crippen LogP contribution >= 0.6 is 15.9 Å². The summed E-state index contributed by atoms with van der Waals surface area (Å²) in [6.07, 6.45) is 2.23. The highest BCUT2D eigenvalue weighted by Crippen LogP contribution is 2.25. The summed E-state index contributed by atoms with van der Waals surface area (Å²) in [5, 5.41) is 9.13. The van der Waals surface area contributed by atoms with Gasteiger partial charge in [-0.3, -0.25) is 9.36 Å². The number of aromatic nitrogens is 2. The van der Waals surface area contributed by atoms with Gasteiger partial charge in [0.2, 0.25) is 0 Å². The van der Waals surface area contributed by atoms with Gasteiger partial charge in [0.15, 0.2) is 0 Å². The van der Waals surface area contributed by atoms with Gasteiger partial charge in [0.1, 0.15) is 23.7 Å². The van der Waals surface area contributed by atoms with E-state index in [1.165, 1.54) is 4.57 Å². The number of aryl methyl sites for hydroxylation is 2. The van der Waals surface area contributed by atoms with E-state index in [1.807, 2.05) is 48.5 Å². The number of carbonyl (C=O) groups is 1. The van der Waals surface area contributed by atoms with E-state index in [-0.39, 0.29) is 5.56 Å². The van der Waals surface area contributed by atoms with E-state index in [1.54, 1.807) is 6.92 Å². The van der Waals surface area contributed by atoms with E-state index in [0.29, 0.717) is 31.8 Å². The van der Waals surface area contributed by atoms with Crippen LogP contribution in [-0.4, -0.2) is 20.6 Å². The monoisotopic (exact) mass is 456 g/mol. The molecule has 2 aromatic carbocycles. The predicted octanol–water partition coefficient (Wildman–Crippen LogP) is 4.09. The van der Waals surface area contributed by atoms with Gasteiger partial charge in [-0.25, -0.2) is 9.78 Å². The second-order valence-electron chi connectivity index (χ2n) is 6.47. The third-order valence-corrected chi connectivity index (χ3v) is 5.05. The highest BCUT2D eigenvalue weighted by molar-refractivity contribution is 9.10. The average molecular weight is 457 g/mol. The summed E-state index contributed by atoms with van der Waals surface area (Å²) >= 11 is 3.49. The summed E-state index contributed by atoms with van der Waals surface area (Å²) in [7, 11) is 0. The van der Waals surface area contributed by atoms with Gasteiger partial charge in [-0.15, -0.1) is 0 Å². The quantitative estimate of drug-likeness (QED) is 0.551. The third-order valence-electron chi connectivity index (χ3n) is 4.55. The van der Waals surface area contributed by atoms with Crippen LogP contribution in [0.25, 0.3) is 0 Å². The van der Waals surface area contributed by atoms with E-state index in [4.69, 9.17) is 9.84 Å². The molecule has 0 aliphatic carbocycles. The normalized spacial score (nSPS) is 10.7. The predicted molar refractivity (Wildman–Crippen MR) is 113 cm³/mol. The van der Waals surface area contributed by atoms with Crippen LogP contribution in [0, 0.1) is 0 Å². The first-order chi connectivity index (χ1) is 14.0. The Morgan fingerprint density at radius 2 is 1.93 bits per heavy atom. The van der Waals surface area contributed by atoms with Gasteiger partial charge in [-0.2, -0.15) is 0 Å². The Morgan fingerprint density at radius 1 is 1.17 bits per heavy atom. The van der Waals surface area contributed by atoms with E-state index >= 15 is 0 Å². The van der Waals surface area contributed by atoms with Crippen molar-refractivity contribution in [2.75, 3.05) is 0 Å². The molecule has 0 aliphatic heterocycles. The Bertz CT molecular complexity index is 1060. The molecule has 3 aromatic rings. The van der Waals surface area contributed by atoms with Crippen molar-refractivity contribution in [3.63, 3.8) is 0 Å².